The van der Waals surface area contributed by atoms with Crippen LogP contribution in [0.25, 0.3) is 0 Å². The molecule has 0 heterocycles. The van der Waals surface area contributed by atoms with Gasteiger partial charge in [0.1, 0.15) is 0 Å². The molecular formula is C22H19N3O3. The normalized spacial score (nSPS) is 10.0. The first-order valence-corrected chi connectivity index (χ1v) is 8.67. The Labute approximate surface area is 162 Å². The molecule has 6 heteroatoms. The predicted octanol–water partition coefficient (Wildman–Crippen LogP) is 4.15. The molecule has 6 nitrogen and oxygen atoms in total. The van der Waals surface area contributed by atoms with Crippen LogP contribution in [0, 0.1) is 0 Å². The highest BCUT2D eigenvalue weighted by Crippen LogP contribution is 2.20. The van der Waals surface area contributed by atoms with E-state index in [1.807, 2.05) is 6.07 Å². The monoisotopic (exact) mass is 373 g/mol. The van der Waals surface area contributed by atoms with E-state index in [2.05, 4.69) is 16.0 Å². The molecule has 0 saturated carbocycles. The zero-order chi connectivity index (χ0) is 19.9. The third-order valence-corrected chi connectivity index (χ3v) is 3.90. The second-order valence-corrected chi connectivity index (χ2v) is 6.08. The van der Waals surface area contributed by atoms with Gasteiger partial charge in [-0.1, -0.05) is 36.4 Å². The third-order valence-electron chi connectivity index (χ3n) is 3.90. The Morgan fingerprint density at radius 1 is 0.643 bits per heavy atom. The number of hydrogen-bond acceptors (Lipinski definition) is 3. The van der Waals surface area contributed by atoms with Gasteiger partial charge in [0.15, 0.2) is 0 Å². The van der Waals surface area contributed by atoms with Gasteiger partial charge >= 0.3 is 0 Å². The molecule has 0 atom stereocenters. The van der Waals surface area contributed by atoms with Crippen LogP contribution in [0.4, 0.5) is 17.1 Å². The average Bonchev–Trinajstić information content (AvgIpc) is 2.69. The first kappa shape index (κ1) is 18.8. The van der Waals surface area contributed by atoms with E-state index < -0.39 is 0 Å². The number of nitrogens with one attached hydrogen (secondary N) is 3. The van der Waals surface area contributed by atoms with Crippen molar-refractivity contribution in [3.63, 3.8) is 0 Å². The maximum Gasteiger partial charge on any atom is 0.257 e. The number of rotatable bonds is 5. The molecule has 0 radical (unpaired) electrons. The zero-order valence-corrected chi connectivity index (χ0v) is 15.2. The molecule has 0 aromatic heterocycles. The predicted molar refractivity (Wildman–Crippen MR) is 110 cm³/mol. The second kappa shape index (κ2) is 8.64. The quantitative estimate of drug-likeness (QED) is 0.628. The van der Waals surface area contributed by atoms with Gasteiger partial charge in [0.05, 0.1) is 11.3 Å². The largest absolute Gasteiger partial charge is 0.326 e. The summed E-state index contributed by atoms with van der Waals surface area (Å²) in [6, 6.07) is 22.4. The van der Waals surface area contributed by atoms with Crippen LogP contribution in [0.5, 0.6) is 0 Å². The minimum Gasteiger partial charge on any atom is -0.326 e. The van der Waals surface area contributed by atoms with Crippen LogP contribution in [0.1, 0.15) is 27.6 Å². The molecule has 0 spiro atoms. The number of carbonyl (C=O) groups excluding carboxylic acids is 3. The fraction of sp³-hybridized carbons (Fsp3) is 0.0455. The zero-order valence-electron chi connectivity index (χ0n) is 15.2. The number of carbonyl (C=O) groups is 3. The van der Waals surface area contributed by atoms with Crippen molar-refractivity contribution in [3.8, 4) is 0 Å². The van der Waals surface area contributed by atoms with E-state index in [-0.39, 0.29) is 17.7 Å². The molecule has 3 aromatic carbocycles. The number of amides is 3. The van der Waals surface area contributed by atoms with Crippen LogP contribution >= 0.6 is 0 Å². The van der Waals surface area contributed by atoms with Crippen molar-refractivity contribution in [3.05, 3.63) is 90.0 Å². The van der Waals surface area contributed by atoms with E-state index >= 15 is 0 Å². The van der Waals surface area contributed by atoms with Crippen molar-refractivity contribution in [1.82, 2.24) is 0 Å². The minimum absolute atomic E-state index is 0.197. The molecule has 0 fully saturated rings. The van der Waals surface area contributed by atoms with E-state index in [0.717, 1.165) is 0 Å². The standard InChI is InChI=1S/C22H19N3O3/c1-15(26)23-17-10-7-11-18(14-17)24-22(28)19-12-5-6-13-20(19)25-21(27)16-8-3-2-4-9-16/h2-14H,1H3,(H,23,26)(H,24,28)(H,25,27). The topological polar surface area (TPSA) is 87.3 Å². The maximum atomic E-state index is 12.7. The molecular weight excluding hydrogens is 354 g/mol. The van der Waals surface area contributed by atoms with Gasteiger partial charge in [0, 0.05) is 23.9 Å². The van der Waals surface area contributed by atoms with Crippen molar-refractivity contribution in [2.45, 2.75) is 6.92 Å². The molecule has 0 aliphatic rings. The Hall–Kier alpha value is -3.93. The van der Waals surface area contributed by atoms with Gasteiger partial charge in [-0.15, -0.1) is 0 Å². The Bertz CT molecular complexity index is 1020. The average molecular weight is 373 g/mol. The van der Waals surface area contributed by atoms with E-state index in [1.54, 1.807) is 72.8 Å². The third kappa shape index (κ3) is 4.82. The lowest BCUT2D eigenvalue weighted by molar-refractivity contribution is -0.114. The lowest BCUT2D eigenvalue weighted by Gasteiger charge is -2.12. The Kier molecular flexibility index (Phi) is 5.81. The SMILES string of the molecule is CC(=O)Nc1cccc(NC(=O)c2ccccc2NC(=O)c2ccccc2)c1. The lowest BCUT2D eigenvalue weighted by Crippen LogP contribution is -2.18. The molecule has 3 rings (SSSR count). The highest BCUT2D eigenvalue weighted by atomic mass is 16.2. The summed E-state index contributed by atoms with van der Waals surface area (Å²) in [5.41, 5.74) is 2.35. The highest BCUT2D eigenvalue weighted by Gasteiger charge is 2.14. The molecule has 0 bridgehead atoms. The fourth-order valence-electron chi connectivity index (χ4n) is 2.65. The van der Waals surface area contributed by atoms with Crippen molar-refractivity contribution >= 4 is 34.8 Å². The second-order valence-electron chi connectivity index (χ2n) is 6.08. The minimum atomic E-state index is -0.371. The fourth-order valence-corrected chi connectivity index (χ4v) is 2.65. The Morgan fingerprint density at radius 3 is 2.00 bits per heavy atom. The van der Waals surface area contributed by atoms with Crippen molar-refractivity contribution < 1.29 is 14.4 Å². The Morgan fingerprint density at radius 2 is 1.29 bits per heavy atom. The summed E-state index contributed by atoms with van der Waals surface area (Å²) in [7, 11) is 0. The van der Waals surface area contributed by atoms with E-state index in [0.29, 0.717) is 28.2 Å². The summed E-state index contributed by atoms with van der Waals surface area (Å²) in [5.74, 6) is -0.866. The molecule has 0 unspecified atom stereocenters. The highest BCUT2D eigenvalue weighted by molar-refractivity contribution is 6.12. The van der Waals surface area contributed by atoms with Crippen molar-refractivity contribution in [1.29, 1.82) is 0 Å². The summed E-state index contributed by atoms with van der Waals surface area (Å²) < 4.78 is 0. The van der Waals surface area contributed by atoms with Crippen LogP contribution in [0.15, 0.2) is 78.9 Å². The molecule has 3 N–H and O–H groups in total. The van der Waals surface area contributed by atoms with Gasteiger partial charge < -0.3 is 16.0 Å². The summed E-state index contributed by atoms with van der Waals surface area (Å²) >= 11 is 0. The van der Waals surface area contributed by atoms with Crippen molar-refractivity contribution in [2.75, 3.05) is 16.0 Å². The van der Waals surface area contributed by atoms with Crippen LogP contribution in [0.3, 0.4) is 0 Å². The summed E-state index contributed by atoms with van der Waals surface area (Å²) in [5, 5.41) is 8.22. The van der Waals surface area contributed by atoms with Crippen molar-refractivity contribution in [2.24, 2.45) is 0 Å². The van der Waals surface area contributed by atoms with Crippen LogP contribution in [-0.4, -0.2) is 17.7 Å². The van der Waals surface area contributed by atoms with Gasteiger partial charge in [-0.3, -0.25) is 14.4 Å². The molecule has 3 amide bonds. The van der Waals surface area contributed by atoms with Gasteiger partial charge in [0.2, 0.25) is 5.91 Å². The van der Waals surface area contributed by atoms with E-state index in [1.165, 1.54) is 6.92 Å². The first-order chi connectivity index (χ1) is 13.5. The Balaban J connectivity index is 1.78. The number of para-hydroxylation sites is 1. The smallest absolute Gasteiger partial charge is 0.257 e. The molecule has 0 saturated heterocycles. The number of anilines is 3. The van der Waals surface area contributed by atoms with Gasteiger partial charge in [-0.25, -0.2) is 0 Å². The molecule has 140 valence electrons. The van der Waals surface area contributed by atoms with Gasteiger partial charge in [0.25, 0.3) is 11.8 Å². The molecule has 3 aromatic rings. The van der Waals surface area contributed by atoms with Gasteiger partial charge in [-0.05, 0) is 42.5 Å². The van der Waals surface area contributed by atoms with Crippen LogP contribution in [-0.2, 0) is 4.79 Å². The summed E-state index contributed by atoms with van der Waals surface area (Å²) in [4.78, 5) is 36.3. The maximum absolute atomic E-state index is 12.7. The van der Waals surface area contributed by atoms with Crippen LogP contribution in [0.2, 0.25) is 0 Å². The number of benzene rings is 3. The van der Waals surface area contributed by atoms with E-state index in [4.69, 9.17) is 0 Å². The van der Waals surface area contributed by atoms with E-state index in [9.17, 15) is 14.4 Å². The first-order valence-electron chi connectivity index (χ1n) is 8.67. The summed E-state index contributed by atoms with van der Waals surface area (Å²) in [6.45, 7) is 1.41. The molecule has 0 aliphatic carbocycles. The van der Waals surface area contributed by atoms with Gasteiger partial charge in [-0.2, -0.15) is 0 Å². The number of hydrogen-bond donors (Lipinski definition) is 3. The summed E-state index contributed by atoms with van der Waals surface area (Å²) in [6.07, 6.45) is 0. The van der Waals surface area contributed by atoms with Crippen LogP contribution < -0.4 is 16.0 Å². The molecule has 0 aliphatic heterocycles. The molecule has 28 heavy (non-hydrogen) atoms. The lowest BCUT2D eigenvalue weighted by atomic mass is 10.1.